The first-order valence-electron chi connectivity index (χ1n) is 7.12. The van der Waals surface area contributed by atoms with E-state index in [4.69, 9.17) is 11.6 Å². The fraction of sp³-hybridized carbons (Fsp3) is 0.375. The molecule has 0 N–H and O–H groups in total. The molecule has 0 atom stereocenters. The third-order valence-electron chi connectivity index (χ3n) is 3.76. The van der Waals surface area contributed by atoms with Gasteiger partial charge < -0.3 is 4.90 Å². The average molecular weight is 303 g/mol. The fourth-order valence-corrected chi connectivity index (χ4v) is 2.95. The molecule has 21 heavy (non-hydrogen) atoms. The molecule has 1 aromatic carbocycles. The summed E-state index contributed by atoms with van der Waals surface area (Å²) in [5.74, 6) is 0.933. The zero-order valence-corrected chi connectivity index (χ0v) is 13.1. The van der Waals surface area contributed by atoms with Gasteiger partial charge in [-0.2, -0.15) is 0 Å². The quantitative estimate of drug-likeness (QED) is 0.816. The third kappa shape index (κ3) is 3.17. The largest absolute Gasteiger partial charge is 0.362 e. The molecule has 2 aromatic rings. The van der Waals surface area contributed by atoms with Crippen LogP contribution in [0.25, 0.3) is 0 Å². The minimum absolute atomic E-state index is 0.342. The molecular weight excluding hydrogens is 284 g/mol. The molecule has 0 saturated heterocycles. The van der Waals surface area contributed by atoms with E-state index in [2.05, 4.69) is 45.2 Å². The van der Waals surface area contributed by atoms with Crippen LogP contribution in [0.4, 0.5) is 5.82 Å². The second-order valence-electron chi connectivity index (χ2n) is 5.58. The maximum absolute atomic E-state index is 6.03. The second kappa shape index (κ2) is 6.00. The second-order valence-corrected chi connectivity index (χ2v) is 5.92. The van der Waals surface area contributed by atoms with Crippen molar-refractivity contribution in [3.8, 4) is 0 Å². The fourth-order valence-electron chi connectivity index (χ4n) is 2.77. The topological polar surface area (TPSA) is 32.3 Å². The zero-order chi connectivity index (χ0) is 14.8. The van der Waals surface area contributed by atoms with Crippen molar-refractivity contribution in [3.63, 3.8) is 0 Å². The summed E-state index contributed by atoms with van der Waals surface area (Å²) >= 11 is 6.03. The first-order chi connectivity index (χ1) is 10.1. The lowest BCUT2D eigenvalue weighted by Crippen LogP contribution is -2.32. The Morgan fingerprint density at radius 2 is 1.95 bits per heavy atom. The SMILES string of the molecule is CN(C)c1nc(Cl)nc2c1CN(Cc1ccccc1)CC2. The van der Waals surface area contributed by atoms with E-state index in [1.165, 1.54) is 11.1 Å². The molecule has 1 aromatic heterocycles. The normalized spacial score (nSPS) is 14.8. The lowest BCUT2D eigenvalue weighted by atomic mass is 10.0. The first-order valence-corrected chi connectivity index (χ1v) is 7.50. The van der Waals surface area contributed by atoms with E-state index in [-0.39, 0.29) is 0 Å². The number of aromatic nitrogens is 2. The molecule has 0 unspecified atom stereocenters. The van der Waals surface area contributed by atoms with Crippen molar-refractivity contribution in [1.82, 2.24) is 14.9 Å². The molecule has 1 aliphatic heterocycles. The third-order valence-corrected chi connectivity index (χ3v) is 3.93. The van der Waals surface area contributed by atoms with Gasteiger partial charge >= 0.3 is 0 Å². The van der Waals surface area contributed by atoms with Crippen LogP contribution in [0, 0.1) is 0 Å². The lowest BCUT2D eigenvalue weighted by Gasteiger charge is -2.30. The zero-order valence-electron chi connectivity index (χ0n) is 12.4. The first kappa shape index (κ1) is 14.3. The van der Waals surface area contributed by atoms with Crippen molar-refractivity contribution < 1.29 is 0 Å². The van der Waals surface area contributed by atoms with Gasteiger partial charge in [0.05, 0.1) is 5.69 Å². The van der Waals surface area contributed by atoms with Crippen LogP contribution in [0.1, 0.15) is 16.8 Å². The Labute approximate surface area is 130 Å². The Morgan fingerprint density at radius 1 is 1.19 bits per heavy atom. The summed E-state index contributed by atoms with van der Waals surface area (Å²) in [5.41, 5.74) is 3.62. The predicted octanol–water partition coefficient (Wildman–Crippen LogP) is 2.75. The van der Waals surface area contributed by atoms with E-state index >= 15 is 0 Å². The van der Waals surface area contributed by atoms with E-state index in [0.717, 1.165) is 37.6 Å². The van der Waals surface area contributed by atoms with Crippen LogP contribution >= 0.6 is 11.6 Å². The molecule has 0 amide bonds. The van der Waals surface area contributed by atoms with Crippen molar-refractivity contribution >= 4 is 17.4 Å². The predicted molar refractivity (Wildman–Crippen MR) is 85.6 cm³/mol. The molecule has 0 fully saturated rings. The van der Waals surface area contributed by atoms with Crippen LogP contribution in [0.5, 0.6) is 0 Å². The summed E-state index contributed by atoms with van der Waals surface area (Å²) in [6, 6.07) is 10.6. The van der Waals surface area contributed by atoms with Crippen LogP contribution in [0.2, 0.25) is 5.28 Å². The number of halogens is 1. The van der Waals surface area contributed by atoms with E-state index in [1.54, 1.807) is 0 Å². The summed E-state index contributed by atoms with van der Waals surface area (Å²) in [4.78, 5) is 13.2. The Balaban J connectivity index is 1.84. The molecule has 110 valence electrons. The molecule has 0 spiro atoms. The van der Waals surface area contributed by atoms with Crippen molar-refractivity contribution in [2.75, 3.05) is 25.5 Å². The van der Waals surface area contributed by atoms with Crippen LogP contribution in [0.3, 0.4) is 0 Å². The van der Waals surface area contributed by atoms with Gasteiger partial charge in [-0.1, -0.05) is 30.3 Å². The number of hydrogen-bond donors (Lipinski definition) is 0. The Kier molecular flexibility index (Phi) is 4.08. The monoisotopic (exact) mass is 302 g/mol. The summed E-state index contributed by atoms with van der Waals surface area (Å²) in [7, 11) is 3.99. The van der Waals surface area contributed by atoms with Gasteiger partial charge in [0.1, 0.15) is 5.82 Å². The van der Waals surface area contributed by atoms with Gasteiger partial charge in [0.2, 0.25) is 5.28 Å². The van der Waals surface area contributed by atoms with Crippen molar-refractivity contribution in [2.45, 2.75) is 19.5 Å². The number of nitrogens with zero attached hydrogens (tertiary/aromatic N) is 4. The minimum Gasteiger partial charge on any atom is -0.362 e. The smallest absolute Gasteiger partial charge is 0.224 e. The highest BCUT2D eigenvalue weighted by atomic mass is 35.5. The van der Waals surface area contributed by atoms with Gasteiger partial charge in [0.15, 0.2) is 0 Å². The summed E-state index contributed by atoms with van der Waals surface area (Å²) < 4.78 is 0. The standard InChI is InChI=1S/C16H19ClN4/c1-20(2)15-13-11-21(10-12-6-4-3-5-7-12)9-8-14(13)18-16(17)19-15/h3-7H,8-11H2,1-2H3. The van der Waals surface area contributed by atoms with Gasteiger partial charge in [0, 0.05) is 45.7 Å². The summed E-state index contributed by atoms with van der Waals surface area (Å²) in [6.45, 7) is 2.83. The van der Waals surface area contributed by atoms with E-state index < -0.39 is 0 Å². The van der Waals surface area contributed by atoms with Crippen LogP contribution < -0.4 is 4.90 Å². The molecule has 5 heteroatoms. The maximum Gasteiger partial charge on any atom is 0.224 e. The molecule has 2 heterocycles. The van der Waals surface area contributed by atoms with Crippen LogP contribution in [0.15, 0.2) is 30.3 Å². The molecule has 1 aliphatic rings. The number of hydrogen-bond acceptors (Lipinski definition) is 4. The molecular formula is C16H19ClN4. The van der Waals surface area contributed by atoms with E-state index in [9.17, 15) is 0 Å². The molecule has 0 bridgehead atoms. The summed E-state index contributed by atoms with van der Waals surface area (Å²) in [6.07, 6.45) is 0.922. The highest BCUT2D eigenvalue weighted by Gasteiger charge is 2.23. The lowest BCUT2D eigenvalue weighted by molar-refractivity contribution is 0.243. The van der Waals surface area contributed by atoms with Gasteiger partial charge in [-0.3, -0.25) is 4.90 Å². The van der Waals surface area contributed by atoms with Gasteiger partial charge in [-0.25, -0.2) is 9.97 Å². The maximum atomic E-state index is 6.03. The van der Waals surface area contributed by atoms with Crippen molar-refractivity contribution in [1.29, 1.82) is 0 Å². The number of benzene rings is 1. The van der Waals surface area contributed by atoms with E-state index in [1.807, 2.05) is 19.0 Å². The Hall–Kier alpha value is -1.65. The molecule has 0 radical (unpaired) electrons. The molecule has 4 nitrogen and oxygen atoms in total. The molecule has 0 aliphatic carbocycles. The minimum atomic E-state index is 0.342. The number of anilines is 1. The van der Waals surface area contributed by atoms with Crippen LogP contribution in [-0.2, 0) is 19.5 Å². The Bertz CT molecular complexity index is 628. The van der Waals surface area contributed by atoms with Gasteiger partial charge in [0.25, 0.3) is 0 Å². The highest BCUT2D eigenvalue weighted by Crippen LogP contribution is 2.27. The summed E-state index contributed by atoms with van der Waals surface area (Å²) in [5, 5.41) is 0.342. The highest BCUT2D eigenvalue weighted by molar-refractivity contribution is 6.28. The van der Waals surface area contributed by atoms with Gasteiger partial charge in [-0.05, 0) is 17.2 Å². The number of rotatable bonds is 3. The van der Waals surface area contributed by atoms with Crippen molar-refractivity contribution in [3.05, 3.63) is 52.4 Å². The van der Waals surface area contributed by atoms with Crippen molar-refractivity contribution in [2.24, 2.45) is 0 Å². The average Bonchev–Trinajstić information content (AvgIpc) is 2.47. The molecule has 3 rings (SSSR count). The van der Waals surface area contributed by atoms with E-state index in [0.29, 0.717) is 5.28 Å². The molecule has 0 saturated carbocycles. The number of fused-ring (bicyclic) bond motifs is 1. The van der Waals surface area contributed by atoms with Gasteiger partial charge in [-0.15, -0.1) is 0 Å². The van der Waals surface area contributed by atoms with Crippen LogP contribution in [-0.4, -0.2) is 35.5 Å². The Morgan fingerprint density at radius 3 is 2.67 bits per heavy atom.